The van der Waals surface area contributed by atoms with Crippen LogP contribution >= 0.6 is 0 Å². The molecule has 1 fully saturated rings. The molecular formula is C19H22N4O2. The number of fused-ring (bicyclic) bond motifs is 1. The highest BCUT2D eigenvalue weighted by Gasteiger charge is 2.27. The monoisotopic (exact) mass is 338 g/mol. The van der Waals surface area contributed by atoms with E-state index in [9.17, 15) is 4.79 Å². The van der Waals surface area contributed by atoms with Crippen LogP contribution in [0, 0.1) is 0 Å². The first-order valence-corrected chi connectivity index (χ1v) is 8.88. The Hall–Kier alpha value is -2.63. The fourth-order valence-electron chi connectivity index (χ4n) is 3.46. The third-order valence-corrected chi connectivity index (χ3v) is 4.80. The molecule has 1 aromatic carbocycles. The number of aryl methyl sites for hydroxylation is 1. The van der Waals surface area contributed by atoms with Crippen LogP contribution in [0.2, 0.25) is 0 Å². The van der Waals surface area contributed by atoms with Gasteiger partial charge in [-0.2, -0.15) is 0 Å². The molecule has 6 heteroatoms. The van der Waals surface area contributed by atoms with E-state index in [1.165, 1.54) is 0 Å². The minimum Gasteiger partial charge on any atom is -0.440 e. The minimum absolute atomic E-state index is 0.193. The normalized spacial score (nSPS) is 17.9. The van der Waals surface area contributed by atoms with Crippen molar-refractivity contribution < 1.29 is 9.21 Å². The van der Waals surface area contributed by atoms with Crippen molar-refractivity contribution in [1.82, 2.24) is 19.4 Å². The number of imidazole rings is 1. The summed E-state index contributed by atoms with van der Waals surface area (Å²) < 4.78 is 7.91. The number of oxazole rings is 1. The van der Waals surface area contributed by atoms with Gasteiger partial charge in [0.15, 0.2) is 11.5 Å². The molecular weight excluding hydrogens is 316 g/mol. The van der Waals surface area contributed by atoms with Gasteiger partial charge in [0.05, 0.1) is 12.2 Å². The van der Waals surface area contributed by atoms with Gasteiger partial charge in [0, 0.05) is 38.4 Å². The second kappa shape index (κ2) is 7.09. The molecule has 6 nitrogen and oxygen atoms in total. The summed E-state index contributed by atoms with van der Waals surface area (Å²) in [5, 5.41) is 0. The lowest BCUT2D eigenvalue weighted by molar-refractivity contribution is -0.132. The summed E-state index contributed by atoms with van der Waals surface area (Å²) in [7, 11) is 0. The van der Waals surface area contributed by atoms with Crippen LogP contribution in [0.3, 0.4) is 0 Å². The molecule has 25 heavy (non-hydrogen) atoms. The summed E-state index contributed by atoms with van der Waals surface area (Å²) in [6.45, 7) is 2.37. The van der Waals surface area contributed by atoms with Crippen LogP contribution in [0.25, 0.3) is 11.1 Å². The highest BCUT2D eigenvalue weighted by Crippen LogP contribution is 2.29. The first-order valence-electron chi connectivity index (χ1n) is 8.88. The lowest BCUT2D eigenvalue weighted by Crippen LogP contribution is -2.39. The topological polar surface area (TPSA) is 64.2 Å². The second-order valence-corrected chi connectivity index (χ2v) is 6.60. The predicted octanol–water partition coefficient (Wildman–Crippen LogP) is 3.21. The zero-order chi connectivity index (χ0) is 17.1. The molecule has 0 radical (unpaired) electrons. The molecule has 0 spiro atoms. The van der Waals surface area contributed by atoms with E-state index in [2.05, 4.69) is 9.97 Å². The number of carbonyl (C=O) groups is 1. The molecule has 0 aliphatic carbocycles. The lowest BCUT2D eigenvalue weighted by Gasteiger charge is -2.31. The number of aromatic nitrogens is 3. The molecule has 0 saturated carbocycles. The Bertz CT molecular complexity index is 807. The van der Waals surface area contributed by atoms with E-state index in [0.717, 1.165) is 49.3 Å². The van der Waals surface area contributed by atoms with Gasteiger partial charge >= 0.3 is 0 Å². The Labute approximate surface area is 146 Å². The van der Waals surface area contributed by atoms with Crippen molar-refractivity contribution in [2.24, 2.45) is 0 Å². The molecule has 2 aromatic heterocycles. The largest absolute Gasteiger partial charge is 0.440 e. The summed E-state index contributed by atoms with van der Waals surface area (Å²) in [5.41, 5.74) is 1.71. The van der Waals surface area contributed by atoms with E-state index in [0.29, 0.717) is 13.0 Å². The van der Waals surface area contributed by atoms with E-state index in [-0.39, 0.29) is 11.8 Å². The summed E-state index contributed by atoms with van der Waals surface area (Å²) in [5.74, 6) is 1.18. The molecule has 1 aliphatic heterocycles. The van der Waals surface area contributed by atoms with Gasteiger partial charge < -0.3 is 13.9 Å². The molecule has 0 unspecified atom stereocenters. The number of nitrogens with zero attached hydrogens (tertiary/aromatic N) is 4. The van der Waals surface area contributed by atoms with Gasteiger partial charge in [-0.25, -0.2) is 9.97 Å². The molecule has 1 saturated heterocycles. The van der Waals surface area contributed by atoms with Gasteiger partial charge in [-0.05, 0) is 31.4 Å². The molecule has 3 heterocycles. The first kappa shape index (κ1) is 15.9. The fourth-order valence-corrected chi connectivity index (χ4v) is 3.46. The summed E-state index contributed by atoms with van der Waals surface area (Å²) in [6, 6.07) is 7.82. The smallest absolute Gasteiger partial charge is 0.222 e. The molecule has 0 N–H and O–H groups in total. The maximum atomic E-state index is 12.5. The summed E-state index contributed by atoms with van der Waals surface area (Å²) in [4.78, 5) is 23.1. The zero-order valence-electron chi connectivity index (χ0n) is 14.2. The molecule has 1 aliphatic rings. The number of amides is 1. The van der Waals surface area contributed by atoms with Gasteiger partial charge in [-0.15, -0.1) is 0 Å². The molecule has 3 aromatic rings. The predicted molar refractivity (Wildman–Crippen MR) is 94.0 cm³/mol. The zero-order valence-corrected chi connectivity index (χ0v) is 14.2. The molecule has 1 amide bonds. The van der Waals surface area contributed by atoms with Gasteiger partial charge in [0.25, 0.3) is 0 Å². The third kappa shape index (κ3) is 3.57. The van der Waals surface area contributed by atoms with Crippen LogP contribution in [-0.2, 0) is 11.3 Å². The highest BCUT2D eigenvalue weighted by atomic mass is 16.3. The summed E-state index contributed by atoms with van der Waals surface area (Å²) >= 11 is 0. The Morgan fingerprint density at radius 1 is 1.32 bits per heavy atom. The van der Waals surface area contributed by atoms with E-state index >= 15 is 0 Å². The van der Waals surface area contributed by atoms with Crippen LogP contribution in [0.15, 0.2) is 47.4 Å². The second-order valence-electron chi connectivity index (χ2n) is 6.60. The maximum absolute atomic E-state index is 12.5. The van der Waals surface area contributed by atoms with Crippen molar-refractivity contribution >= 4 is 17.0 Å². The number of para-hydroxylation sites is 2. The van der Waals surface area contributed by atoms with Crippen LogP contribution < -0.4 is 0 Å². The van der Waals surface area contributed by atoms with Crippen LogP contribution in [0.4, 0.5) is 0 Å². The molecule has 4 rings (SSSR count). The van der Waals surface area contributed by atoms with Crippen LogP contribution in [0.1, 0.15) is 37.5 Å². The van der Waals surface area contributed by atoms with E-state index in [4.69, 9.17) is 4.42 Å². The number of piperidine rings is 1. The number of carbonyl (C=O) groups excluding carboxylic acids is 1. The third-order valence-electron chi connectivity index (χ3n) is 4.80. The van der Waals surface area contributed by atoms with E-state index < -0.39 is 0 Å². The molecule has 0 bridgehead atoms. The lowest BCUT2D eigenvalue weighted by atomic mass is 9.97. The van der Waals surface area contributed by atoms with Crippen molar-refractivity contribution in [1.29, 1.82) is 0 Å². The van der Waals surface area contributed by atoms with Crippen molar-refractivity contribution in [2.45, 2.75) is 38.1 Å². The van der Waals surface area contributed by atoms with Crippen molar-refractivity contribution in [2.75, 3.05) is 13.1 Å². The number of hydrogen-bond donors (Lipinski definition) is 0. The van der Waals surface area contributed by atoms with E-state index in [1.54, 1.807) is 12.5 Å². The Kier molecular flexibility index (Phi) is 4.50. The minimum atomic E-state index is 0.193. The highest BCUT2D eigenvalue weighted by molar-refractivity contribution is 5.76. The summed E-state index contributed by atoms with van der Waals surface area (Å²) in [6.07, 6.45) is 8.89. The average molecular weight is 338 g/mol. The Morgan fingerprint density at radius 2 is 2.24 bits per heavy atom. The van der Waals surface area contributed by atoms with Gasteiger partial charge in [-0.3, -0.25) is 4.79 Å². The quantitative estimate of drug-likeness (QED) is 0.716. The average Bonchev–Trinajstić information content (AvgIpc) is 3.31. The van der Waals surface area contributed by atoms with Crippen molar-refractivity contribution in [3.63, 3.8) is 0 Å². The van der Waals surface area contributed by atoms with Gasteiger partial charge in [0.1, 0.15) is 5.52 Å². The van der Waals surface area contributed by atoms with Crippen molar-refractivity contribution in [3.05, 3.63) is 48.9 Å². The standard InChI is InChI=1S/C19H22N4O2/c24-18(8-4-10-22-12-9-20-14-22)23-11-3-5-15(13-23)19-21-16-6-1-2-7-17(16)25-19/h1-2,6-7,9,12,14-15H,3-5,8,10-11,13H2/t15-/m1/s1. The molecule has 1 atom stereocenters. The van der Waals surface area contributed by atoms with E-state index in [1.807, 2.05) is 39.9 Å². The number of rotatable bonds is 5. The number of benzene rings is 1. The van der Waals surface area contributed by atoms with Crippen LogP contribution in [-0.4, -0.2) is 38.4 Å². The Morgan fingerprint density at radius 3 is 3.08 bits per heavy atom. The molecule has 130 valence electrons. The van der Waals surface area contributed by atoms with Gasteiger partial charge in [-0.1, -0.05) is 12.1 Å². The fraction of sp³-hybridized carbons (Fsp3) is 0.421. The SMILES string of the molecule is O=C(CCCn1ccnc1)N1CCC[C@@H](c2nc3ccccc3o2)C1. The first-order chi connectivity index (χ1) is 12.3. The number of hydrogen-bond acceptors (Lipinski definition) is 4. The van der Waals surface area contributed by atoms with Gasteiger partial charge in [0.2, 0.25) is 5.91 Å². The van der Waals surface area contributed by atoms with Crippen LogP contribution in [0.5, 0.6) is 0 Å². The number of likely N-dealkylation sites (tertiary alicyclic amines) is 1. The Balaban J connectivity index is 1.36. The van der Waals surface area contributed by atoms with Crippen molar-refractivity contribution in [3.8, 4) is 0 Å². The maximum Gasteiger partial charge on any atom is 0.222 e.